The molecule has 2 N–H and O–H groups in total. The lowest BCUT2D eigenvalue weighted by molar-refractivity contribution is -0.118. The maximum Gasteiger partial charge on any atom is 0.273 e. The lowest BCUT2D eigenvalue weighted by atomic mass is 10.1. The standard InChI is InChI=1S/C17H15N3O4S3/c1-2-11-4-6-16(26-11)27(22,23)20-17-19-13(9-25-17)10-3-5-14-12(7-10)18-15(21)8-24-14/h3-7,9H,2,8H2,1H3,(H,18,21)(H,19,20). The van der Waals surface area contributed by atoms with E-state index in [1.807, 2.05) is 19.1 Å². The number of fused-ring (bicyclic) bond motifs is 1. The Balaban J connectivity index is 1.57. The topological polar surface area (TPSA) is 97.4 Å². The first-order valence-electron chi connectivity index (χ1n) is 8.09. The molecule has 140 valence electrons. The summed E-state index contributed by atoms with van der Waals surface area (Å²) in [6.07, 6.45) is 0.792. The number of amides is 1. The van der Waals surface area contributed by atoms with Gasteiger partial charge in [0.2, 0.25) is 0 Å². The fourth-order valence-electron chi connectivity index (χ4n) is 2.55. The van der Waals surface area contributed by atoms with Gasteiger partial charge in [0.15, 0.2) is 11.7 Å². The van der Waals surface area contributed by atoms with Crippen LogP contribution >= 0.6 is 22.7 Å². The van der Waals surface area contributed by atoms with Crippen molar-refractivity contribution in [2.45, 2.75) is 17.6 Å². The van der Waals surface area contributed by atoms with E-state index in [1.54, 1.807) is 23.6 Å². The molecule has 10 heteroatoms. The first-order valence-corrected chi connectivity index (χ1v) is 11.3. The summed E-state index contributed by atoms with van der Waals surface area (Å²) in [5, 5.41) is 4.79. The van der Waals surface area contributed by atoms with Gasteiger partial charge in [-0.2, -0.15) is 0 Å². The Labute approximate surface area is 164 Å². The van der Waals surface area contributed by atoms with Crippen LogP contribution < -0.4 is 14.8 Å². The number of carbonyl (C=O) groups excluding carboxylic acids is 1. The monoisotopic (exact) mass is 421 g/mol. The summed E-state index contributed by atoms with van der Waals surface area (Å²) in [5.74, 6) is 0.382. The van der Waals surface area contributed by atoms with E-state index < -0.39 is 10.0 Å². The smallest absolute Gasteiger partial charge is 0.273 e. The Hall–Kier alpha value is -2.43. The van der Waals surface area contributed by atoms with Crippen LogP contribution in [0.2, 0.25) is 0 Å². The van der Waals surface area contributed by atoms with E-state index >= 15 is 0 Å². The number of rotatable bonds is 5. The Bertz CT molecular complexity index is 1120. The minimum absolute atomic E-state index is 0.00254. The molecule has 0 saturated carbocycles. The third kappa shape index (κ3) is 3.68. The molecule has 3 aromatic rings. The van der Waals surface area contributed by atoms with Crippen LogP contribution in [0, 0.1) is 0 Å². The van der Waals surface area contributed by atoms with Crippen LogP contribution in [0.25, 0.3) is 11.3 Å². The highest BCUT2D eigenvalue weighted by Crippen LogP contribution is 2.34. The second-order valence-corrected chi connectivity index (χ2v) is 9.70. The van der Waals surface area contributed by atoms with Crippen LogP contribution in [0.1, 0.15) is 11.8 Å². The number of ether oxygens (including phenoxy) is 1. The molecule has 1 aliphatic rings. The molecule has 0 atom stereocenters. The molecule has 1 aromatic carbocycles. The average Bonchev–Trinajstić information content (AvgIpc) is 3.30. The van der Waals surface area contributed by atoms with Gasteiger partial charge in [-0.3, -0.25) is 9.52 Å². The molecule has 1 aliphatic heterocycles. The minimum Gasteiger partial charge on any atom is -0.482 e. The number of thiophene rings is 1. The van der Waals surface area contributed by atoms with Gasteiger partial charge in [-0.05, 0) is 36.8 Å². The molecule has 27 heavy (non-hydrogen) atoms. The fraction of sp³-hybridized carbons (Fsp3) is 0.176. The number of benzene rings is 1. The zero-order valence-electron chi connectivity index (χ0n) is 14.2. The number of anilines is 2. The van der Waals surface area contributed by atoms with Crippen molar-refractivity contribution in [3.8, 4) is 17.0 Å². The molecular formula is C17H15N3O4S3. The van der Waals surface area contributed by atoms with Crippen molar-refractivity contribution in [2.75, 3.05) is 16.6 Å². The van der Waals surface area contributed by atoms with Crippen molar-refractivity contribution in [2.24, 2.45) is 0 Å². The van der Waals surface area contributed by atoms with Gasteiger partial charge in [0.1, 0.15) is 9.96 Å². The summed E-state index contributed by atoms with van der Waals surface area (Å²) in [6.45, 7) is 1.98. The molecule has 0 spiro atoms. The normalized spacial score (nSPS) is 13.6. The number of hydrogen-bond donors (Lipinski definition) is 2. The van der Waals surface area contributed by atoms with E-state index in [2.05, 4.69) is 15.0 Å². The van der Waals surface area contributed by atoms with E-state index in [-0.39, 0.29) is 21.9 Å². The summed E-state index contributed by atoms with van der Waals surface area (Å²) in [6, 6.07) is 8.75. The largest absolute Gasteiger partial charge is 0.482 e. The lowest BCUT2D eigenvalue weighted by Crippen LogP contribution is -2.25. The van der Waals surface area contributed by atoms with Gasteiger partial charge in [0.25, 0.3) is 15.9 Å². The number of aromatic nitrogens is 1. The highest BCUT2D eigenvalue weighted by atomic mass is 32.2. The number of carbonyl (C=O) groups is 1. The van der Waals surface area contributed by atoms with Gasteiger partial charge in [0.05, 0.1) is 11.4 Å². The van der Waals surface area contributed by atoms with Crippen molar-refractivity contribution in [1.29, 1.82) is 0 Å². The summed E-state index contributed by atoms with van der Waals surface area (Å²) in [4.78, 5) is 16.8. The van der Waals surface area contributed by atoms with Crippen molar-refractivity contribution in [3.05, 3.63) is 40.6 Å². The zero-order valence-corrected chi connectivity index (χ0v) is 16.6. The molecule has 0 aliphatic carbocycles. The van der Waals surface area contributed by atoms with Crippen molar-refractivity contribution >= 4 is 49.4 Å². The number of nitrogens with zero attached hydrogens (tertiary/aromatic N) is 1. The summed E-state index contributed by atoms with van der Waals surface area (Å²) in [7, 11) is -3.65. The summed E-state index contributed by atoms with van der Waals surface area (Å²) in [5.41, 5.74) is 1.94. The second kappa shape index (κ2) is 6.95. The predicted molar refractivity (Wildman–Crippen MR) is 106 cm³/mol. The molecule has 4 rings (SSSR count). The van der Waals surface area contributed by atoms with Gasteiger partial charge in [-0.25, -0.2) is 13.4 Å². The second-order valence-electron chi connectivity index (χ2n) is 5.77. The van der Waals surface area contributed by atoms with Gasteiger partial charge in [0, 0.05) is 15.8 Å². The predicted octanol–water partition coefficient (Wildman–Crippen LogP) is 3.57. The van der Waals surface area contributed by atoms with E-state index in [0.29, 0.717) is 17.1 Å². The van der Waals surface area contributed by atoms with Gasteiger partial charge >= 0.3 is 0 Å². The third-order valence-electron chi connectivity index (χ3n) is 3.88. The SMILES string of the molecule is CCc1ccc(S(=O)(=O)Nc2nc(-c3ccc4c(c3)NC(=O)CO4)cs2)s1. The zero-order chi connectivity index (χ0) is 19.0. The molecule has 2 aromatic heterocycles. The molecule has 0 fully saturated rings. The average molecular weight is 422 g/mol. The maximum atomic E-state index is 12.5. The highest BCUT2D eigenvalue weighted by molar-refractivity contribution is 7.94. The minimum atomic E-state index is -3.65. The number of hydrogen-bond acceptors (Lipinski definition) is 7. The first kappa shape index (κ1) is 18.0. The number of sulfonamides is 1. The number of nitrogens with one attached hydrogen (secondary N) is 2. The van der Waals surface area contributed by atoms with Crippen LogP contribution in [-0.4, -0.2) is 25.9 Å². The van der Waals surface area contributed by atoms with Crippen LogP contribution in [0.15, 0.2) is 39.9 Å². The molecule has 0 radical (unpaired) electrons. The Morgan fingerprint density at radius 2 is 2.15 bits per heavy atom. The van der Waals surface area contributed by atoms with Gasteiger partial charge in [-0.15, -0.1) is 22.7 Å². The van der Waals surface area contributed by atoms with E-state index in [9.17, 15) is 13.2 Å². The summed E-state index contributed by atoms with van der Waals surface area (Å²) < 4.78 is 33.1. The molecule has 0 bridgehead atoms. The first-order chi connectivity index (χ1) is 12.9. The molecule has 1 amide bonds. The molecule has 0 saturated heterocycles. The van der Waals surface area contributed by atoms with Crippen LogP contribution in [-0.2, 0) is 21.2 Å². The van der Waals surface area contributed by atoms with Crippen molar-refractivity contribution in [3.63, 3.8) is 0 Å². The maximum absolute atomic E-state index is 12.5. The summed E-state index contributed by atoms with van der Waals surface area (Å²) >= 11 is 2.45. The van der Waals surface area contributed by atoms with Crippen molar-refractivity contribution in [1.82, 2.24) is 4.98 Å². The fourth-order valence-corrected chi connectivity index (χ4v) is 5.82. The lowest BCUT2D eigenvalue weighted by Gasteiger charge is -2.18. The Morgan fingerprint density at radius 1 is 1.30 bits per heavy atom. The Kier molecular flexibility index (Phi) is 4.62. The highest BCUT2D eigenvalue weighted by Gasteiger charge is 2.20. The van der Waals surface area contributed by atoms with E-state index in [4.69, 9.17) is 4.74 Å². The van der Waals surface area contributed by atoms with Gasteiger partial charge in [-0.1, -0.05) is 6.92 Å². The van der Waals surface area contributed by atoms with Crippen LogP contribution in [0.3, 0.4) is 0 Å². The van der Waals surface area contributed by atoms with E-state index in [1.165, 1.54) is 22.7 Å². The third-order valence-corrected chi connectivity index (χ3v) is 7.83. The van der Waals surface area contributed by atoms with Gasteiger partial charge < -0.3 is 10.1 Å². The molecule has 0 unspecified atom stereocenters. The number of aryl methyl sites for hydroxylation is 1. The number of thiazole rings is 1. The molecular weight excluding hydrogens is 406 g/mol. The van der Waals surface area contributed by atoms with Crippen LogP contribution in [0.5, 0.6) is 5.75 Å². The van der Waals surface area contributed by atoms with Crippen molar-refractivity contribution < 1.29 is 17.9 Å². The molecule has 7 nitrogen and oxygen atoms in total. The van der Waals surface area contributed by atoms with E-state index in [0.717, 1.165) is 16.9 Å². The Morgan fingerprint density at radius 3 is 2.93 bits per heavy atom. The van der Waals surface area contributed by atoms with Crippen LogP contribution in [0.4, 0.5) is 10.8 Å². The molecule has 3 heterocycles. The quantitative estimate of drug-likeness (QED) is 0.656.